The lowest BCUT2D eigenvalue weighted by molar-refractivity contribution is 0.317. The lowest BCUT2D eigenvalue weighted by atomic mass is 9.18. The van der Waals surface area contributed by atoms with E-state index in [9.17, 15) is 4.39 Å². The van der Waals surface area contributed by atoms with Gasteiger partial charge in [0.1, 0.15) is 31.6 Å². The summed E-state index contributed by atoms with van der Waals surface area (Å²) in [6, 6.07) is 6.98. The second-order valence-corrected chi connectivity index (χ2v) is 14.0. The minimum Gasteiger partial charge on any atom is -0.424 e. The lowest BCUT2D eigenvalue weighted by Crippen LogP contribution is -2.57. The van der Waals surface area contributed by atoms with Crippen LogP contribution in [0.15, 0.2) is 30.6 Å². The molecule has 0 spiro atoms. The van der Waals surface area contributed by atoms with Crippen molar-refractivity contribution >= 4 is 78.3 Å². The fourth-order valence-corrected chi connectivity index (χ4v) is 6.70. The van der Waals surface area contributed by atoms with Crippen LogP contribution < -0.4 is 15.0 Å². The Hall–Kier alpha value is -2.49. The van der Waals surface area contributed by atoms with Crippen LogP contribution in [-0.4, -0.2) is 98.8 Å². The first-order chi connectivity index (χ1) is 18.7. The molecule has 2 aliphatic rings. The van der Waals surface area contributed by atoms with Gasteiger partial charge in [0.25, 0.3) is 0 Å². The summed E-state index contributed by atoms with van der Waals surface area (Å²) in [5, 5.41) is 8.36. The number of aromatic nitrogens is 5. The molecule has 40 heavy (non-hydrogen) atoms. The molecule has 0 unspecified atom stereocenters. The highest BCUT2D eigenvalue weighted by Crippen LogP contribution is 2.48. The van der Waals surface area contributed by atoms with Crippen molar-refractivity contribution in [3.63, 3.8) is 0 Å². The number of piperidine rings is 1. The molecule has 0 radical (unpaired) electrons. The minimum absolute atomic E-state index is 0.00136. The van der Waals surface area contributed by atoms with Crippen molar-refractivity contribution in [1.82, 2.24) is 24.7 Å². The van der Waals surface area contributed by atoms with Gasteiger partial charge in [0.05, 0.1) is 52.1 Å². The minimum atomic E-state index is -0.494. The molecule has 1 N–H and O–H groups in total. The van der Waals surface area contributed by atoms with E-state index in [2.05, 4.69) is 81.2 Å². The predicted molar refractivity (Wildman–Crippen MR) is 177 cm³/mol. The van der Waals surface area contributed by atoms with E-state index in [0.29, 0.717) is 29.5 Å². The van der Waals surface area contributed by atoms with Gasteiger partial charge >= 0.3 is 6.01 Å². The van der Waals surface area contributed by atoms with E-state index in [1.165, 1.54) is 12.1 Å². The van der Waals surface area contributed by atoms with Crippen molar-refractivity contribution in [2.45, 2.75) is 41.5 Å². The number of rotatable bonds is 8. The molecule has 2 fully saturated rings. The van der Waals surface area contributed by atoms with Gasteiger partial charge in [-0.2, -0.15) is 4.98 Å². The maximum atomic E-state index is 13.9. The molecule has 202 valence electrons. The first kappa shape index (κ1) is 29.0. The average molecular weight is 555 g/mol. The van der Waals surface area contributed by atoms with Crippen molar-refractivity contribution in [2.24, 2.45) is 11.8 Å². The molecule has 2 bridgehead atoms. The number of halogens is 2. The van der Waals surface area contributed by atoms with Crippen LogP contribution in [0.1, 0.15) is 18.5 Å². The Morgan fingerprint density at radius 1 is 1.00 bits per heavy atom. The Kier molecular flexibility index (Phi) is 7.55. The quantitative estimate of drug-likeness (QED) is 0.309. The number of hydrogen-bond acceptors (Lipinski definition) is 7. The number of nitrogens with one attached hydrogen (secondary N) is 1. The lowest BCUT2D eigenvalue weighted by Gasteiger charge is -2.52. The highest BCUT2D eigenvalue weighted by atomic mass is 35.5. The van der Waals surface area contributed by atoms with Gasteiger partial charge in [-0.15, -0.1) is 5.10 Å². The summed E-state index contributed by atoms with van der Waals surface area (Å²) in [5.41, 5.74) is 0.488. The Morgan fingerprint density at radius 2 is 1.65 bits per heavy atom. The number of fused-ring (bicyclic) bond motifs is 2. The summed E-state index contributed by atoms with van der Waals surface area (Å²) < 4.78 is 22.1. The van der Waals surface area contributed by atoms with Gasteiger partial charge in [-0.3, -0.25) is 0 Å². The van der Waals surface area contributed by atoms with Gasteiger partial charge in [0.2, 0.25) is 5.95 Å². The molecular weight excluding hydrogens is 520 g/mol. The third-order valence-electron chi connectivity index (χ3n) is 9.26. The molecule has 17 heteroatoms. The van der Waals surface area contributed by atoms with Crippen molar-refractivity contribution in [3.8, 4) is 11.8 Å². The largest absolute Gasteiger partial charge is 0.424 e. The van der Waals surface area contributed by atoms with Crippen LogP contribution in [0.4, 0.5) is 16.2 Å². The first-order valence-corrected chi connectivity index (χ1v) is 14.5. The van der Waals surface area contributed by atoms with Crippen molar-refractivity contribution in [1.29, 1.82) is 0 Å². The van der Waals surface area contributed by atoms with E-state index in [-0.39, 0.29) is 21.3 Å². The highest BCUT2D eigenvalue weighted by Gasteiger charge is 2.50. The van der Waals surface area contributed by atoms with Gasteiger partial charge in [-0.05, 0) is 43.7 Å². The monoisotopic (exact) mass is 555 g/mol. The fourth-order valence-electron chi connectivity index (χ4n) is 6.53. The summed E-state index contributed by atoms with van der Waals surface area (Å²) in [5.74, 6) is 2.33. The van der Waals surface area contributed by atoms with E-state index >= 15 is 0 Å². The number of benzene rings is 1. The average Bonchev–Trinajstić information content (AvgIpc) is 3.34. The van der Waals surface area contributed by atoms with Gasteiger partial charge in [-0.1, -0.05) is 21.8 Å². The Labute approximate surface area is 247 Å². The highest BCUT2D eigenvalue weighted by molar-refractivity contribution is 6.68. The normalized spacial score (nSPS) is 21.4. The van der Waals surface area contributed by atoms with Crippen LogP contribution >= 0.6 is 11.6 Å². The molecule has 5 rings (SSSR count). The van der Waals surface area contributed by atoms with Crippen LogP contribution in [-0.2, 0) is 5.44 Å². The molecule has 1 aliphatic heterocycles. The standard InChI is InChI=1S/C23H34B7ClFN7O/c1-11-6-17(34-10-33-11)38-8-12-2-3-13(9-38)18(12)35-19-36-20(40-14-4-5-16(32)15(31)7-14)39(37-19)21(24,22(25,26)27)23(28,29)30/h4-7,10,12-13,18H,2-3,8-9,24-30H2,1H3,(H,35,37)/t12-,13+,18-. The molecule has 1 aromatic carbocycles. The maximum Gasteiger partial charge on any atom is 0.321 e. The van der Waals surface area contributed by atoms with E-state index in [1.807, 2.05) is 11.6 Å². The van der Waals surface area contributed by atoms with Gasteiger partial charge < -0.3 is 15.0 Å². The van der Waals surface area contributed by atoms with Crippen molar-refractivity contribution < 1.29 is 9.13 Å². The summed E-state index contributed by atoms with van der Waals surface area (Å²) in [7, 11) is 15.4. The smallest absolute Gasteiger partial charge is 0.321 e. The van der Waals surface area contributed by atoms with Crippen LogP contribution in [0.2, 0.25) is 15.2 Å². The number of ether oxygens (including phenoxy) is 1. The van der Waals surface area contributed by atoms with E-state index in [4.69, 9.17) is 26.4 Å². The molecular formula is C23H34B7ClFN7O. The molecule has 8 nitrogen and oxygen atoms in total. The summed E-state index contributed by atoms with van der Waals surface area (Å²) in [6.45, 7) is 3.84. The number of hydrogen-bond donors (Lipinski definition) is 1. The maximum absolute atomic E-state index is 13.9. The number of nitrogens with zero attached hydrogens (tertiary/aromatic N) is 6. The molecule has 0 amide bonds. The Balaban J connectivity index is 1.47. The predicted octanol–water partition coefficient (Wildman–Crippen LogP) is -2.48. The molecule has 1 saturated carbocycles. The Morgan fingerprint density at radius 3 is 2.23 bits per heavy atom. The van der Waals surface area contributed by atoms with Crippen LogP contribution in [0.3, 0.4) is 0 Å². The van der Waals surface area contributed by atoms with Crippen molar-refractivity contribution in [2.75, 3.05) is 23.3 Å². The summed E-state index contributed by atoms with van der Waals surface area (Å²) in [4.78, 5) is 16.0. The van der Waals surface area contributed by atoms with Gasteiger partial charge in [0.15, 0.2) is 0 Å². The molecule has 3 atom stereocenters. The molecule has 3 aromatic rings. The molecule has 1 aliphatic carbocycles. The zero-order valence-corrected chi connectivity index (χ0v) is 25.6. The third kappa shape index (κ3) is 5.28. The topological polar surface area (TPSA) is 81.0 Å². The van der Waals surface area contributed by atoms with Crippen LogP contribution in [0.5, 0.6) is 11.8 Å². The summed E-state index contributed by atoms with van der Waals surface area (Å²) in [6.07, 6.45) is 3.93. The summed E-state index contributed by atoms with van der Waals surface area (Å²) >= 11 is 6.07. The Bertz CT molecular complexity index is 1370. The zero-order valence-electron chi connectivity index (χ0n) is 24.8. The molecule has 2 aromatic heterocycles. The third-order valence-corrected chi connectivity index (χ3v) is 9.55. The van der Waals surface area contributed by atoms with E-state index in [1.54, 1.807) is 12.4 Å². The van der Waals surface area contributed by atoms with E-state index in [0.717, 1.165) is 37.4 Å². The second kappa shape index (κ2) is 10.4. The van der Waals surface area contributed by atoms with Gasteiger partial charge in [-0.25, -0.2) is 19.0 Å². The number of anilines is 2. The fraction of sp³-hybridized carbons (Fsp3) is 0.478. The second-order valence-electron chi connectivity index (χ2n) is 13.6. The molecule has 1 saturated heterocycles. The number of aryl methyl sites for hydroxylation is 1. The van der Waals surface area contributed by atoms with Crippen molar-refractivity contribution in [3.05, 3.63) is 47.1 Å². The SMILES string of the molecule is BC(B)(B)C(B)(n1nc(N[C@@H]2[C@@H]3CC[C@H]2CN(c2cc(C)ncn2)C3)nc1Oc1ccc(F)c(Cl)c1)C(B)(B)B. The van der Waals surface area contributed by atoms with Crippen LogP contribution in [0.25, 0.3) is 0 Å². The zero-order chi connectivity index (χ0) is 29.0. The first-order valence-electron chi connectivity index (χ1n) is 14.1. The van der Waals surface area contributed by atoms with E-state index < -0.39 is 11.3 Å². The molecule has 3 heterocycles. The van der Waals surface area contributed by atoms with Crippen LogP contribution in [0, 0.1) is 24.6 Å². The van der Waals surface area contributed by atoms with Gasteiger partial charge in [0, 0.05) is 42.4 Å².